The van der Waals surface area contributed by atoms with Crippen LogP contribution in [0, 0.1) is 0 Å². The number of carbonyl (C=O) groups is 1. The molecule has 1 fully saturated rings. The van der Waals surface area contributed by atoms with Crippen molar-refractivity contribution < 1.29 is 9.21 Å². The molecular formula is C11H11BrN6O2. The van der Waals surface area contributed by atoms with E-state index in [9.17, 15) is 4.79 Å². The summed E-state index contributed by atoms with van der Waals surface area (Å²) >= 11 is 3.29. The van der Waals surface area contributed by atoms with Crippen LogP contribution in [0.5, 0.6) is 0 Å². The van der Waals surface area contributed by atoms with Gasteiger partial charge < -0.3 is 20.4 Å². The largest absolute Gasteiger partial charge is 0.403 e. The molecule has 9 heteroatoms. The number of nitrogen functional groups attached to an aromatic ring is 1. The molecule has 1 amide bonds. The van der Waals surface area contributed by atoms with Gasteiger partial charge in [0, 0.05) is 19.3 Å². The Hall–Kier alpha value is -2.16. The molecule has 3 heterocycles. The maximum Gasteiger partial charge on any atom is 0.318 e. The van der Waals surface area contributed by atoms with Crippen molar-refractivity contribution in [2.75, 3.05) is 30.3 Å². The van der Waals surface area contributed by atoms with Crippen molar-refractivity contribution >= 4 is 33.7 Å². The molecule has 0 saturated carbocycles. The number of pyridine rings is 1. The molecule has 3 rings (SSSR count). The van der Waals surface area contributed by atoms with Gasteiger partial charge >= 0.3 is 6.01 Å². The lowest BCUT2D eigenvalue weighted by atomic mass is 10.3. The third kappa shape index (κ3) is 2.44. The summed E-state index contributed by atoms with van der Waals surface area (Å²) in [5.41, 5.74) is 6.29. The topological polar surface area (TPSA) is 110 Å². The quantitative estimate of drug-likeness (QED) is 0.815. The maximum atomic E-state index is 11.3. The minimum Gasteiger partial charge on any atom is -0.403 e. The Balaban J connectivity index is 1.85. The van der Waals surface area contributed by atoms with E-state index in [0.29, 0.717) is 40.8 Å². The average molecular weight is 339 g/mol. The third-order valence-corrected chi connectivity index (χ3v) is 3.47. The van der Waals surface area contributed by atoms with E-state index in [1.54, 1.807) is 17.2 Å². The van der Waals surface area contributed by atoms with Crippen LogP contribution in [0.2, 0.25) is 0 Å². The minimum absolute atomic E-state index is 0.0621. The van der Waals surface area contributed by atoms with E-state index >= 15 is 0 Å². The number of nitrogens with zero attached hydrogens (tertiary/aromatic N) is 4. The van der Waals surface area contributed by atoms with E-state index in [0.717, 1.165) is 0 Å². The summed E-state index contributed by atoms with van der Waals surface area (Å²) < 4.78 is 6.23. The van der Waals surface area contributed by atoms with Gasteiger partial charge in [-0.25, -0.2) is 4.98 Å². The van der Waals surface area contributed by atoms with Crippen molar-refractivity contribution in [2.45, 2.75) is 0 Å². The highest BCUT2D eigenvalue weighted by Crippen LogP contribution is 2.26. The van der Waals surface area contributed by atoms with E-state index in [4.69, 9.17) is 10.2 Å². The van der Waals surface area contributed by atoms with Gasteiger partial charge in [0.2, 0.25) is 5.91 Å². The van der Waals surface area contributed by atoms with Gasteiger partial charge in [-0.3, -0.25) is 4.79 Å². The highest BCUT2D eigenvalue weighted by atomic mass is 79.9. The highest BCUT2D eigenvalue weighted by molar-refractivity contribution is 9.10. The van der Waals surface area contributed by atoms with Crippen molar-refractivity contribution in [3.63, 3.8) is 0 Å². The number of nitrogens with two attached hydrogens (primary N) is 1. The molecule has 1 aliphatic heterocycles. The van der Waals surface area contributed by atoms with E-state index in [-0.39, 0.29) is 12.5 Å². The molecule has 2 aromatic heterocycles. The van der Waals surface area contributed by atoms with Gasteiger partial charge in [0.05, 0.1) is 10.0 Å². The summed E-state index contributed by atoms with van der Waals surface area (Å²) in [6.07, 6.45) is 1.56. The molecule has 0 bridgehead atoms. The van der Waals surface area contributed by atoms with Crippen LogP contribution < -0.4 is 16.0 Å². The second-order valence-electron chi connectivity index (χ2n) is 4.25. The number of rotatable bonds is 2. The summed E-state index contributed by atoms with van der Waals surface area (Å²) in [6, 6.07) is 2.07. The number of nitrogens with one attached hydrogen (secondary N) is 1. The van der Waals surface area contributed by atoms with E-state index in [1.165, 1.54) is 0 Å². The minimum atomic E-state index is -0.0621. The molecule has 104 valence electrons. The summed E-state index contributed by atoms with van der Waals surface area (Å²) in [4.78, 5) is 17.1. The van der Waals surface area contributed by atoms with Crippen LogP contribution in [0.4, 0.5) is 11.8 Å². The van der Waals surface area contributed by atoms with Gasteiger partial charge in [0.15, 0.2) is 0 Å². The Bertz CT molecular complexity index is 658. The zero-order valence-electron chi connectivity index (χ0n) is 10.3. The van der Waals surface area contributed by atoms with Crippen molar-refractivity contribution in [3.05, 3.63) is 16.7 Å². The van der Waals surface area contributed by atoms with Crippen molar-refractivity contribution in [3.8, 4) is 11.5 Å². The summed E-state index contributed by atoms with van der Waals surface area (Å²) in [5.74, 6) is 0.660. The molecule has 8 nitrogen and oxygen atoms in total. The first kappa shape index (κ1) is 12.9. The van der Waals surface area contributed by atoms with Crippen LogP contribution >= 0.6 is 15.9 Å². The SMILES string of the molecule is Nc1ncc(-c2nnc(N3CCNC(=O)C3)o2)cc1Br. The molecule has 0 spiro atoms. The number of piperazine rings is 1. The fourth-order valence-corrected chi connectivity index (χ4v) is 2.18. The lowest BCUT2D eigenvalue weighted by Crippen LogP contribution is -2.47. The molecule has 0 atom stereocenters. The average Bonchev–Trinajstić information content (AvgIpc) is 2.92. The number of hydrogen-bond acceptors (Lipinski definition) is 7. The molecule has 1 aliphatic rings. The smallest absolute Gasteiger partial charge is 0.318 e. The summed E-state index contributed by atoms with van der Waals surface area (Å²) in [7, 11) is 0. The molecule has 1 saturated heterocycles. The lowest BCUT2D eigenvalue weighted by Gasteiger charge is -2.24. The second kappa shape index (κ2) is 5.08. The van der Waals surface area contributed by atoms with Crippen LogP contribution in [0.1, 0.15) is 0 Å². The van der Waals surface area contributed by atoms with Gasteiger partial charge in [-0.1, -0.05) is 5.10 Å². The van der Waals surface area contributed by atoms with Gasteiger partial charge in [0.1, 0.15) is 12.4 Å². The Morgan fingerprint density at radius 1 is 1.45 bits per heavy atom. The van der Waals surface area contributed by atoms with Gasteiger partial charge in [-0.15, -0.1) is 5.10 Å². The van der Waals surface area contributed by atoms with Gasteiger partial charge in [-0.2, -0.15) is 0 Å². The normalized spacial score (nSPS) is 15.2. The van der Waals surface area contributed by atoms with E-state index < -0.39 is 0 Å². The molecule has 0 unspecified atom stereocenters. The van der Waals surface area contributed by atoms with Crippen LogP contribution in [0.25, 0.3) is 11.5 Å². The molecule has 2 aromatic rings. The summed E-state index contributed by atoms with van der Waals surface area (Å²) in [6.45, 7) is 1.41. The van der Waals surface area contributed by atoms with Crippen LogP contribution in [-0.4, -0.2) is 40.7 Å². The Kier molecular flexibility index (Phi) is 3.26. The molecule has 0 aromatic carbocycles. The van der Waals surface area contributed by atoms with Crippen molar-refractivity contribution in [1.29, 1.82) is 0 Å². The third-order valence-electron chi connectivity index (χ3n) is 2.84. The zero-order chi connectivity index (χ0) is 14.1. The Morgan fingerprint density at radius 3 is 3.05 bits per heavy atom. The first-order chi connectivity index (χ1) is 9.63. The molecule has 3 N–H and O–H groups in total. The van der Waals surface area contributed by atoms with Gasteiger partial charge in [-0.05, 0) is 22.0 Å². The van der Waals surface area contributed by atoms with E-state index in [1.807, 2.05) is 0 Å². The predicted octanol–water partition coefficient (Wildman–Crippen LogP) is 0.413. The van der Waals surface area contributed by atoms with Crippen LogP contribution in [-0.2, 0) is 4.79 Å². The number of amides is 1. The zero-order valence-corrected chi connectivity index (χ0v) is 11.9. The van der Waals surface area contributed by atoms with Crippen LogP contribution in [0.15, 0.2) is 21.2 Å². The van der Waals surface area contributed by atoms with Crippen molar-refractivity contribution in [1.82, 2.24) is 20.5 Å². The number of aromatic nitrogens is 3. The lowest BCUT2D eigenvalue weighted by molar-refractivity contribution is -0.120. The Labute approximate surface area is 122 Å². The van der Waals surface area contributed by atoms with Gasteiger partial charge in [0.25, 0.3) is 5.89 Å². The predicted molar refractivity (Wildman–Crippen MR) is 74.9 cm³/mol. The fraction of sp³-hybridized carbons (Fsp3) is 0.273. The Morgan fingerprint density at radius 2 is 2.30 bits per heavy atom. The highest BCUT2D eigenvalue weighted by Gasteiger charge is 2.21. The second-order valence-corrected chi connectivity index (χ2v) is 5.11. The van der Waals surface area contributed by atoms with Crippen LogP contribution in [0.3, 0.4) is 0 Å². The first-order valence-electron chi connectivity index (χ1n) is 5.90. The maximum absolute atomic E-state index is 11.3. The molecule has 20 heavy (non-hydrogen) atoms. The van der Waals surface area contributed by atoms with E-state index in [2.05, 4.69) is 36.4 Å². The number of hydrogen-bond donors (Lipinski definition) is 2. The first-order valence-corrected chi connectivity index (χ1v) is 6.69. The number of anilines is 2. The molecular weight excluding hydrogens is 328 g/mol. The van der Waals surface area contributed by atoms with Crippen molar-refractivity contribution in [2.24, 2.45) is 0 Å². The molecule has 0 aliphatic carbocycles. The number of carbonyl (C=O) groups excluding carboxylic acids is 1. The fourth-order valence-electron chi connectivity index (χ4n) is 1.83. The monoisotopic (exact) mass is 338 g/mol. The standard InChI is InChI=1S/C11H11BrN6O2/c12-7-3-6(4-15-9(7)13)10-16-17-11(20-10)18-2-1-14-8(19)5-18/h3-4H,1-2,5H2,(H2,13,15)(H,14,19). The summed E-state index contributed by atoms with van der Waals surface area (Å²) in [5, 5.41) is 10.7. The number of halogens is 1. The molecule has 0 radical (unpaired) electrons.